The van der Waals surface area contributed by atoms with Gasteiger partial charge in [0.15, 0.2) is 5.78 Å². The molecule has 0 atom stereocenters. The molecule has 3 amide bonds. The number of imide groups is 1. The molecule has 4 aromatic rings. The topological polar surface area (TPSA) is 101 Å². The number of halogens is 2. The molecule has 198 valence electrons. The zero-order valence-corrected chi connectivity index (χ0v) is 22.1. The van der Waals surface area contributed by atoms with Crippen molar-refractivity contribution in [3.8, 4) is 5.75 Å². The Balaban J connectivity index is 1.41. The Morgan fingerprint density at radius 1 is 0.675 bits per heavy atom. The zero-order chi connectivity index (χ0) is 28.4. The normalized spacial score (nSPS) is 12.2. The van der Waals surface area contributed by atoms with Gasteiger partial charge in [0.05, 0.1) is 26.7 Å². The highest BCUT2D eigenvalue weighted by atomic mass is 35.5. The molecule has 0 radical (unpaired) electrons. The highest BCUT2D eigenvalue weighted by Gasteiger charge is 2.42. The van der Waals surface area contributed by atoms with Crippen LogP contribution in [0.2, 0.25) is 10.0 Å². The smallest absolute Gasteiger partial charge is 0.343 e. The second-order valence-corrected chi connectivity index (χ2v) is 9.48. The van der Waals surface area contributed by atoms with Gasteiger partial charge >= 0.3 is 5.97 Å². The molecule has 0 aromatic heterocycles. The summed E-state index contributed by atoms with van der Waals surface area (Å²) in [5.41, 5.74) is 0.748. The minimum atomic E-state index is -0.810. The number of ether oxygens (including phenoxy) is 1. The maximum atomic E-state index is 13.6. The van der Waals surface area contributed by atoms with E-state index in [9.17, 15) is 24.0 Å². The van der Waals surface area contributed by atoms with Gasteiger partial charge in [-0.2, -0.15) is 5.01 Å². The van der Waals surface area contributed by atoms with Crippen molar-refractivity contribution in [2.24, 2.45) is 0 Å². The zero-order valence-electron chi connectivity index (χ0n) is 20.5. The summed E-state index contributed by atoms with van der Waals surface area (Å²) in [4.78, 5) is 65.6. The summed E-state index contributed by atoms with van der Waals surface area (Å²) in [6.07, 6.45) is 0. The maximum absolute atomic E-state index is 13.6. The molecule has 0 saturated carbocycles. The molecule has 0 saturated heterocycles. The van der Waals surface area contributed by atoms with Crippen LogP contribution < -0.4 is 4.74 Å². The van der Waals surface area contributed by atoms with Gasteiger partial charge in [-0.1, -0.05) is 53.5 Å². The Kier molecular flexibility index (Phi) is 7.46. The van der Waals surface area contributed by atoms with Gasteiger partial charge in [0.25, 0.3) is 17.7 Å². The number of carbonyl (C=O) groups excluding carboxylic acids is 5. The third-order valence-electron chi connectivity index (χ3n) is 6.10. The van der Waals surface area contributed by atoms with Crippen molar-refractivity contribution in [1.82, 2.24) is 10.0 Å². The lowest BCUT2D eigenvalue weighted by Gasteiger charge is -2.29. The molecule has 40 heavy (non-hydrogen) atoms. The standard InChI is InChI=1S/C30H18Cl2N2O6/c31-24-15-12-20(16-25(24)32)27(36)33(34-28(37)22-8-4-5-9-23(22)29(34)38)17-26(35)18-10-13-21(14-11-18)40-30(39)19-6-2-1-3-7-19/h1-16H,17H2. The first-order valence-electron chi connectivity index (χ1n) is 11.9. The molecule has 1 heterocycles. The van der Waals surface area contributed by atoms with Gasteiger partial charge in [-0.25, -0.2) is 9.80 Å². The summed E-state index contributed by atoms with van der Waals surface area (Å²) < 4.78 is 5.34. The van der Waals surface area contributed by atoms with E-state index in [1.54, 1.807) is 42.5 Å². The van der Waals surface area contributed by atoms with Crippen LogP contribution >= 0.6 is 23.2 Å². The number of Topliss-reactive ketones (excluding diaryl/α,β-unsaturated/α-hetero) is 1. The maximum Gasteiger partial charge on any atom is 0.343 e. The molecule has 0 aliphatic carbocycles. The number of carbonyl (C=O) groups is 5. The van der Waals surface area contributed by atoms with Gasteiger partial charge in [-0.3, -0.25) is 19.2 Å². The van der Waals surface area contributed by atoms with Gasteiger partial charge in [-0.05, 0) is 66.7 Å². The van der Waals surface area contributed by atoms with Crippen molar-refractivity contribution in [2.45, 2.75) is 0 Å². The fourth-order valence-electron chi connectivity index (χ4n) is 4.08. The molecule has 0 spiro atoms. The largest absolute Gasteiger partial charge is 0.423 e. The number of esters is 1. The van der Waals surface area contributed by atoms with Crippen molar-refractivity contribution < 1.29 is 28.7 Å². The predicted molar refractivity (Wildman–Crippen MR) is 147 cm³/mol. The van der Waals surface area contributed by atoms with Gasteiger partial charge < -0.3 is 4.74 Å². The predicted octanol–water partition coefficient (Wildman–Crippen LogP) is 5.75. The quantitative estimate of drug-likeness (QED) is 0.121. The molecule has 1 aliphatic heterocycles. The number of hydrogen-bond donors (Lipinski definition) is 0. The SMILES string of the molecule is O=C(CN(C(=O)c1ccc(Cl)c(Cl)c1)N1C(=O)c2ccccc2C1=O)c1ccc(OC(=O)c2ccccc2)cc1. The molecule has 5 rings (SSSR count). The summed E-state index contributed by atoms with van der Waals surface area (Å²) in [7, 11) is 0. The van der Waals surface area contributed by atoms with Gasteiger partial charge in [-0.15, -0.1) is 0 Å². The van der Waals surface area contributed by atoms with Crippen molar-refractivity contribution in [3.63, 3.8) is 0 Å². The van der Waals surface area contributed by atoms with Crippen LogP contribution in [-0.4, -0.2) is 46.0 Å². The third kappa shape index (κ3) is 5.22. The van der Waals surface area contributed by atoms with Crippen LogP contribution in [0.4, 0.5) is 0 Å². The Bertz CT molecular complexity index is 1640. The number of fused-ring (bicyclic) bond motifs is 1. The number of hydrogen-bond acceptors (Lipinski definition) is 6. The van der Waals surface area contributed by atoms with Crippen LogP contribution in [0.3, 0.4) is 0 Å². The van der Waals surface area contributed by atoms with E-state index in [2.05, 4.69) is 0 Å². The minimum absolute atomic E-state index is 0.0157. The van der Waals surface area contributed by atoms with Crippen molar-refractivity contribution in [1.29, 1.82) is 0 Å². The third-order valence-corrected chi connectivity index (χ3v) is 6.84. The first-order chi connectivity index (χ1) is 19.2. The summed E-state index contributed by atoms with van der Waals surface area (Å²) in [6, 6.07) is 24.3. The Morgan fingerprint density at radius 3 is 1.85 bits per heavy atom. The van der Waals surface area contributed by atoms with Gasteiger partial charge in [0.1, 0.15) is 12.3 Å². The van der Waals surface area contributed by atoms with E-state index >= 15 is 0 Å². The summed E-state index contributed by atoms with van der Waals surface area (Å²) >= 11 is 12.1. The highest BCUT2D eigenvalue weighted by molar-refractivity contribution is 6.42. The van der Waals surface area contributed by atoms with Gasteiger partial charge in [0.2, 0.25) is 0 Å². The molecular weight excluding hydrogens is 555 g/mol. The Hall–Kier alpha value is -4.79. The molecule has 4 aromatic carbocycles. The fourth-order valence-corrected chi connectivity index (χ4v) is 4.38. The summed E-state index contributed by atoms with van der Waals surface area (Å²) in [6.45, 7) is -0.645. The molecule has 10 heteroatoms. The van der Waals surface area contributed by atoms with Crippen LogP contribution in [0.15, 0.2) is 97.1 Å². The second-order valence-electron chi connectivity index (χ2n) is 8.66. The first kappa shape index (κ1) is 26.8. The Labute approximate surface area is 238 Å². The average Bonchev–Trinajstić information content (AvgIpc) is 3.23. The van der Waals surface area contributed by atoms with Crippen LogP contribution in [0.1, 0.15) is 51.8 Å². The Morgan fingerprint density at radius 2 is 1.25 bits per heavy atom. The molecule has 8 nitrogen and oxygen atoms in total. The monoisotopic (exact) mass is 572 g/mol. The van der Waals surface area contributed by atoms with Gasteiger partial charge in [0, 0.05) is 11.1 Å². The highest BCUT2D eigenvalue weighted by Crippen LogP contribution is 2.28. The number of benzene rings is 4. The number of rotatable bonds is 7. The van der Waals surface area contributed by atoms with E-state index in [1.165, 1.54) is 54.6 Å². The molecule has 0 bridgehead atoms. The van der Waals surface area contributed by atoms with Crippen molar-refractivity contribution in [2.75, 3.05) is 6.54 Å². The fraction of sp³-hybridized carbons (Fsp3) is 0.0333. The number of amides is 3. The summed E-state index contributed by atoms with van der Waals surface area (Å²) in [5.74, 6) is -3.24. The second kappa shape index (κ2) is 11.1. The van der Waals surface area contributed by atoms with E-state index < -0.39 is 36.0 Å². The average molecular weight is 573 g/mol. The lowest BCUT2D eigenvalue weighted by Crippen LogP contribution is -2.51. The molecule has 0 fully saturated rings. The van der Waals surface area contributed by atoms with E-state index in [0.29, 0.717) is 10.6 Å². The number of ketones is 1. The summed E-state index contributed by atoms with van der Waals surface area (Å²) in [5, 5.41) is 1.73. The van der Waals surface area contributed by atoms with Crippen LogP contribution in [0, 0.1) is 0 Å². The number of nitrogens with zero attached hydrogens (tertiary/aromatic N) is 2. The lowest BCUT2D eigenvalue weighted by molar-refractivity contribution is 0.00531. The van der Waals surface area contributed by atoms with Crippen LogP contribution in [0.25, 0.3) is 0 Å². The van der Waals surface area contributed by atoms with E-state index in [4.69, 9.17) is 27.9 Å². The lowest BCUT2D eigenvalue weighted by atomic mass is 10.1. The first-order valence-corrected chi connectivity index (χ1v) is 12.7. The van der Waals surface area contributed by atoms with Crippen molar-refractivity contribution >= 4 is 52.7 Å². The van der Waals surface area contributed by atoms with E-state index in [0.717, 1.165) is 5.01 Å². The molecule has 0 unspecified atom stereocenters. The molecule has 1 aliphatic rings. The molecular formula is C30H18Cl2N2O6. The van der Waals surface area contributed by atoms with E-state index in [-0.39, 0.29) is 38.0 Å². The number of hydrazine groups is 1. The van der Waals surface area contributed by atoms with Crippen molar-refractivity contribution in [3.05, 3.63) is 135 Å². The van der Waals surface area contributed by atoms with E-state index in [1.807, 2.05) is 0 Å². The minimum Gasteiger partial charge on any atom is -0.423 e. The van der Waals surface area contributed by atoms with Crippen LogP contribution in [0.5, 0.6) is 5.75 Å². The molecule has 0 N–H and O–H groups in total. The van der Waals surface area contributed by atoms with Crippen LogP contribution in [-0.2, 0) is 0 Å².